The number of alkyl halides is 3. The molecule has 1 amide bonds. The number of hydrogen-bond acceptors (Lipinski definition) is 5. The zero-order chi connectivity index (χ0) is 55.0. The molecular formula is C42H42F5N3O3S. The van der Waals surface area contributed by atoms with E-state index >= 15 is 9.18 Å². The predicted molar refractivity (Wildman–Crippen MR) is 202 cm³/mol. The number of nitrogens with zero attached hydrogens (tertiary/aromatic N) is 3. The van der Waals surface area contributed by atoms with Gasteiger partial charge in [0, 0.05) is 55.5 Å². The first kappa shape index (κ1) is 21.5. The number of piperidine rings is 1. The zero-order valence-electron chi connectivity index (χ0n) is 47.6. The molecule has 0 aliphatic carbocycles. The van der Waals surface area contributed by atoms with Crippen molar-refractivity contribution in [2.24, 2.45) is 0 Å². The van der Waals surface area contributed by atoms with Gasteiger partial charge >= 0.3 is 6.18 Å². The van der Waals surface area contributed by atoms with E-state index in [9.17, 15) is 23.7 Å². The maximum Gasteiger partial charge on any atom is 0.416 e. The van der Waals surface area contributed by atoms with Crippen LogP contribution < -0.4 is 5.43 Å². The van der Waals surface area contributed by atoms with Gasteiger partial charge in [0.1, 0.15) is 6.54 Å². The molecule has 5 aromatic rings. The number of rotatable bonds is 12. The second-order valence-electron chi connectivity index (χ2n) is 12.1. The van der Waals surface area contributed by atoms with E-state index in [0.29, 0.717) is 11.8 Å². The first-order chi connectivity index (χ1) is 33.6. The van der Waals surface area contributed by atoms with E-state index in [1.54, 1.807) is 4.90 Å². The summed E-state index contributed by atoms with van der Waals surface area (Å²) in [6, 6.07) is -20.5. The van der Waals surface area contributed by atoms with Crippen molar-refractivity contribution >= 4 is 28.6 Å². The van der Waals surface area contributed by atoms with Gasteiger partial charge < -0.3 is 19.1 Å². The van der Waals surface area contributed by atoms with Gasteiger partial charge in [0.05, 0.1) is 54.8 Å². The Hall–Kier alpha value is -4.52. The van der Waals surface area contributed by atoms with Crippen molar-refractivity contribution in [3.8, 4) is 11.1 Å². The summed E-state index contributed by atoms with van der Waals surface area (Å²) in [5.41, 5.74) is -7.65. The summed E-state index contributed by atoms with van der Waals surface area (Å²) < 4.78 is 238. The lowest BCUT2D eigenvalue weighted by Gasteiger charge is -2.42. The normalized spacial score (nSPS) is 20.5. The monoisotopic (exact) mass is 782 g/mol. The summed E-state index contributed by atoms with van der Waals surface area (Å²) in [4.78, 5) is 31.9. The molecule has 12 heteroatoms. The summed E-state index contributed by atoms with van der Waals surface area (Å²) >= 11 is 0.342. The number of fused-ring (bicyclic) bond motifs is 1. The van der Waals surface area contributed by atoms with Gasteiger partial charge in [-0.1, -0.05) is 59.9 Å². The second-order valence-corrected chi connectivity index (χ2v) is 13.1. The van der Waals surface area contributed by atoms with Crippen LogP contribution in [0.1, 0.15) is 74.1 Å². The molecular weight excluding hydrogens is 722 g/mol. The molecule has 1 aromatic heterocycles. The minimum absolute atomic E-state index is 0.0614. The molecule has 1 atom stereocenters. The molecule has 54 heavy (non-hydrogen) atoms. The van der Waals surface area contributed by atoms with Crippen LogP contribution in [0.2, 0.25) is 0 Å². The van der Waals surface area contributed by atoms with Crippen molar-refractivity contribution < 1.29 is 57.5 Å². The van der Waals surface area contributed by atoms with E-state index in [-0.39, 0.29) is 44.6 Å². The second kappa shape index (κ2) is 16.9. The minimum atomic E-state index is -5.39. The fraction of sp³-hybridized carbons (Fsp3) is 0.333. The highest BCUT2D eigenvalue weighted by atomic mass is 32.2. The van der Waals surface area contributed by atoms with Gasteiger partial charge in [0.2, 0.25) is 5.91 Å². The minimum Gasteiger partial charge on any atom is -0.383 e. The number of halogens is 5. The molecule has 0 saturated carbocycles. The molecule has 0 spiro atoms. The maximum absolute atomic E-state index is 15.4. The topological polar surface area (TPSA) is 54.8 Å². The van der Waals surface area contributed by atoms with Crippen LogP contribution in [-0.2, 0) is 28.0 Å². The molecule has 1 fully saturated rings. The lowest BCUT2D eigenvalue weighted by molar-refractivity contribution is -0.138. The highest BCUT2D eigenvalue weighted by Gasteiger charge is 2.33. The Bertz CT molecular complexity index is 3080. The average Bonchev–Trinajstić information content (AvgIpc) is 3.30. The third-order valence-corrected chi connectivity index (χ3v) is 9.61. The van der Waals surface area contributed by atoms with Crippen molar-refractivity contribution in [1.29, 1.82) is 0 Å². The Balaban J connectivity index is 1.58. The summed E-state index contributed by atoms with van der Waals surface area (Å²) in [6.45, 7) is 1.05. The fourth-order valence-corrected chi connectivity index (χ4v) is 6.82. The number of hydrogen-bond donors (Lipinski definition) is 0. The van der Waals surface area contributed by atoms with Crippen LogP contribution in [0, 0.1) is 18.6 Å². The van der Waals surface area contributed by atoms with E-state index < -0.39 is 195 Å². The predicted octanol–water partition coefficient (Wildman–Crippen LogP) is 9.27. The van der Waals surface area contributed by atoms with Crippen LogP contribution in [0.15, 0.2) is 100 Å². The lowest BCUT2D eigenvalue weighted by atomic mass is 9.96. The van der Waals surface area contributed by atoms with Crippen LogP contribution in [-0.4, -0.2) is 59.6 Å². The first-order valence-corrected chi connectivity index (χ1v) is 17.3. The number of amides is 1. The standard InChI is InChI=1S/C42H42F5N3O3S/c1-27-7-16-37-35(23-27)38(51)24-40(54-26-32-5-4-6-36(43)41(32)44)49(37)25-39(52)50(34-17-19-48(20-18-34)21-22-53-3)28(2)29-8-10-30(11-9-29)31-12-14-33(15-13-31)42(45,46)47/h4-16,23-24,28,34H,17-22,25-26H2,1-3H3/i3D3,4D,5D,6D,7D,8D,9D,10D,11D,12D,13D,14D,15D,16D,23D,24D,28D. The summed E-state index contributed by atoms with van der Waals surface area (Å²) in [5, 5.41) is -1.23. The largest absolute Gasteiger partial charge is 0.416 e. The number of methoxy groups -OCH3 is 1. The van der Waals surface area contributed by atoms with Crippen LogP contribution in [0.25, 0.3) is 22.0 Å². The SMILES string of the molecule is [2H]c1c([2H])c(F)c(F)c(CSc2c([2H])c(=O)c3c([2H])c(C)c([2H])c([2H])c3n2CC(=O)N(C2CCN(CCOC([2H])([2H])[2H])CC2)C([2H])(C)c2c([2H])c([2H])c(-c3c([2H])c([2H])c(C(F)(F)F)c([2H])c3[2H])c([2H])c2[2H])c1[2H]. The highest BCUT2D eigenvalue weighted by Crippen LogP contribution is 2.34. The highest BCUT2D eigenvalue weighted by molar-refractivity contribution is 7.98. The molecule has 0 bridgehead atoms. The number of benzene rings is 4. The van der Waals surface area contributed by atoms with Crippen molar-refractivity contribution in [3.63, 3.8) is 0 Å². The summed E-state index contributed by atoms with van der Waals surface area (Å²) in [7, 11) is -2.73. The molecule has 284 valence electrons. The van der Waals surface area contributed by atoms with E-state index in [1.165, 1.54) is 6.92 Å². The number of likely N-dealkylation sites (tertiary alicyclic amines) is 1. The Morgan fingerprint density at radius 2 is 1.70 bits per heavy atom. The lowest BCUT2D eigenvalue weighted by Crippen LogP contribution is -2.49. The quantitative estimate of drug-likeness (QED) is 0.0934. The van der Waals surface area contributed by atoms with E-state index in [1.807, 2.05) is 0 Å². The van der Waals surface area contributed by atoms with Gasteiger partial charge in [-0.2, -0.15) is 13.2 Å². The van der Waals surface area contributed by atoms with Crippen LogP contribution in [0.3, 0.4) is 0 Å². The molecule has 1 saturated heterocycles. The van der Waals surface area contributed by atoms with Crippen molar-refractivity contribution in [1.82, 2.24) is 14.4 Å². The van der Waals surface area contributed by atoms with Crippen LogP contribution in [0.4, 0.5) is 22.0 Å². The fourth-order valence-electron chi connectivity index (χ4n) is 5.87. The number of ether oxygens (including phenoxy) is 1. The molecule has 1 unspecified atom stereocenters. The van der Waals surface area contributed by atoms with Crippen LogP contribution >= 0.6 is 11.8 Å². The van der Waals surface area contributed by atoms with Crippen molar-refractivity contribution in [2.75, 3.05) is 33.3 Å². The molecule has 4 aromatic carbocycles. The Kier molecular flexibility index (Phi) is 6.73. The third-order valence-electron chi connectivity index (χ3n) is 8.58. The van der Waals surface area contributed by atoms with Crippen molar-refractivity contribution in [2.45, 2.75) is 62.2 Å². The van der Waals surface area contributed by atoms with Gasteiger partial charge in [-0.3, -0.25) is 9.59 Å². The number of aromatic nitrogens is 1. The zero-order valence-corrected chi connectivity index (χ0v) is 29.4. The number of carbonyl (C=O) groups excluding carboxylic acids is 1. The maximum atomic E-state index is 15.4. The molecule has 6 rings (SSSR count). The molecule has 2 heterocycles. The van der Waals surface area contributed by atoms with Gasteiger partial charge in [-0.05, 0) is 73.6 Å². The number of carbonyl (C=O) groups is 1. The summed E-state index contributed by atoms with van der Waals surface area (Å²) in [6.07, 6.45) is -5.51. The molecule has 0 radical (unpaired) electrons. The average molecular weight is 783 g/mol. The molecule has 1 aliphatic rings. The van der Waals surface area contributed by atoms with Gasteiger partial charge in [-0.15, -0.1) is 11.8 Å². The number of thioether (sulfide) groups is 1. The molecule has 0 N–H and O–H groups in total. The van der Waals surface area contributed by atoms with Gasteiger partial charge in [-0.25, -0.2) is 8.78 Å². The van der Waals surface area contributed by atoms with Gasteiger partial charge in [0.25, 0.3) is 0 Å². The molecule has 1 aliphatic heterocycles. The van der Waals surface area contributed by atoms with Gasteiger partial charge in [0.15, 0.2) is 17.1 Å². The first-order valence-electron chi connectivity index (χ1n) is 25.8. The van der Waals surface area contributed by atoms with E-state index in [4.69, 9.17) is 29.4 Å². The van der Waals surface area contributed by atoms with Crippen molar-refractivity contribution in [3.05, 3.63) is 135 Å². The smallest absolute Gasteiger partial charge is 0.383 e. The van der Waals surface area contributed by atoms with Crippen LogP contribution in [0.5, 0.6) is 0 Å². The Morgan fingerprint density at radius 3 is 2.37 bits per heavy atom. The Morgan fingerprint density at radius 1 is 1.02 bits per heavy atom. The van der Waals surface area contributed by atoms with E-state index in [2.05, 4.69) is 0 Å². The van der Waals surface area contributed by atoms with E-state index in [0.717, 1.165) is 16.4 Å². The Labute approximate surface area is 342 Å². The number of pyridine rings is 1. The third kappa shape index (κ3) is 8.88. The molecule has 6 nitrogen and oxygen atoms in total. The summed E-state index contributed by atoms with van der Waals surface area (Å²) in [5.74, 6) is -5.55.